The molecule has 0 spiro atoms. The molecule has 6 rings (SSSR count). The van der Waals surface area contributed by atoms with E-state index in [4.69, 9.17) is 0 Å². The van der Waals surface area contributed by atoms with Crippen molar-refractivity contribution in [1.82, 2.24) is 5.32 Å². The maximum Gasteiger partial charge on any atom is 0.226 e. The summed E-state index contributed by atoms with van der Waals surface area (Å²) in [5, 5.41) is 23.1. The Morgan fingerprint density at radius 2 is 1.61 bits per heavy atom. The molecule has 0 aliphatic heterocycles. The quantitative estimate of drug-likeness (QED) is 0.699. The highest BCUT2D eigenvalue weighted by Crippen LogP contribution is 2.57. The minimum Gasteiger partial charge on any atom is -0.508 e. The zero-order chi connectivity index (χ0) is 19.3. The van der Waals surface area contributed by atoms with E-state index in [-0.39, 0.29) is 23.0 Å². The van der Waals surface area contributed by atoms with Crippen LogP contribution in [0.1, 0.15) is 82.1 Å². The average Bonchev–Trinajstić information content (AvgIpc) is 2.87. The number of aromatic hydroxyl groups is 2. The molecule has 4 nitrogen and oxygen atoms in total. The normalized spacial score (nSPS) is 39.5. The van der Waals surface area contributed by atoms with Gasteiger partial charge in [-0.25, -0.2) is 0 Å². The van der Waals surface area contributed by atoms with Crippen LogP contribution >= 0.6 is 0 Å². The van der Waals surface area contributed by atoms with Gasteiger partial charge in [-0.1, -0.05) is 6.07 Å². The summed E-state index contributed by atoms with van der Waals surface area (Å²) >= 11 is 0. The third kappa shape index (κ3) is 3.29. The molecular formula is C24H33NO3. The van der Waals surface area contributed by atoms with Gasteiger partial charge in [0.1, 0.15) is 11.5 Å². The Labute approximate surface area is 167 Å². The van der Waals surface area contributed by atoms with E-state index in [2.05, 4.69) is 5.32 Å². The molecule has 4 heteroatoms. The predicted octanol–water partition coefficient (Wildman–Crippen LogP) is 4.85. The first-order valence-corrected chi connectivity index (χ1v) is 11.3. The molecule has 5 aliphatic carbocycles. The van der Waals surface area contributed by atoms with Crippen molar-refractivity contribution in [3.05, 3.63) is 23.8 Å². The summed E-state index contributed by atoms with van der Waals surface area (Å²) in [7, 11) is 0. The van der Waals surface area contributed by atoms with Crippen LogP contribution in [0.25, 0.3) is 0 Å². The second-order valence-electron chi connectivity index (χ2n) is 10.3. The first-order chi connectivity index (χ1) is 13.5. The van der Waals surface area contributed by atoms with Gasteiger partial charge in [-0.15, -0.1) is 0 Å². The molecule has 5 aliphatic rings. The molecule has 152 valence electrons. The van der Waals surface area contributed by atoms with Crippen molar-refractivity contribution in [1.29, 1.82) is 0 Å². The zero-order valence-corrected chi connectivity index (χ0v) is 16.7. The number of benzene rings is 1. The maximum atomic E-state index is 13.4. The van der Waals surface area contributed by atoms with Crippen LogP contribution in [0.4, 0.5) is 0 Å². The first kappa shape index (κ1) is 18.3. The molecule has 28 heavy (non-hydrogen) atoms. The van der Waals surface area contributed by atoms with Gasteiger partial charge in [0.25, 0.3) is 0 Å². The summed E-state index contributed by atoms with van der Waals surface area (Å²) in [5.74, 6) is 3.43. The Morgan fingerprint density at radius 3 is 2.29 bits per heavy atom. The number of phenolic OH excluding ortho intramolecular Hbond substituents is 2. The largest absolute Gasteiger partial charge is 0.508 e. The van der Waals surface area contributed by atoms with E-state index in [1.165, 1.54) is 31.7 Å². The van der Waals surface area contributed by atoms with Crippen LogP contribution in [0.3, 0.4) is 0 Å². The number of hydrogen-bond donors (Lipinski definition) is 3. The molecule has 4 bridgehead atoms. The summed E-state index contributed by atoms with van der Waals surface area (Å²) in [5.41, 5.74) is 0.852. The number of amides is 1. The number of fused-ring (bicyclic) bond motifs is 1. The van der Waals surface area contributed by atoms with Crippen LogP contribution in [0.2, 0.25) is 0 Å². The van der Waals surface area contributed by atoms with Gasteiger partial charge in [-0.3, -0.25) is 4.79 Å². The topological polar surface area (TPSA) is 69.6 Å². The van der Waals surface area contributed by atoms with Crippen molar-refractivity contribution in [3.8, 4) is 11.5 Å². The Morgan fingerprint density at radius 1 is 0.929 bits per heavy atom. The second kappa shape index (κ2) is 6.96. The Bertz CT molecular complexity index is 738. The van der Waals surface area contributed by atoms with Gasteiger partial charge in [0.05, 0.1) is 0 Å². The van der Waals surface area contributed by atoms with Gasteiger partial charge in [-0.2, -0.15) is 0 Å². The van der Waals surface area contributed by atoms with Crippen LogP contribution in [0.15, 0.2) is 18.2 Å². The molecule has 0 heterocycles. The van der Waals surface area contributed by atoms with E-state index in [0.29, 0.717) is 11.8 Å². The number of phenols is 2. The molecule has 5 fully saturated rings. The highest BCUT2D eigenvalue weighted by Gasteiger charge is 2.51. The lowest BCUT2D eigenvalue weighted by molar-refractivity contribution is -0.136. The van der Waals surface area contributed by atoms with Crippen LogP contribution in [0, 0.1) is 23.2 Å². The van der Waals surface area contributed by atoms with Crippen molar-refractivity contribution < 1.29 is 15.0 Å². The van der Waals surface area contributed by atoms with Crippen molar-refractivity contribution in [2.45, 2.75) is 82.6 Å². The fourth-order valence-corrected chi connectivity index (χ4v) is 7.21. The number of carbonyl (C=O) groups is 1. The molecule has 1 aromatic rings. The van der Waals surface area contributed by atoms with E-state index < -0.39 is 0 Å². The Kier molecular flexibility index (Phi) is 4.56. The summed E-state index contributed by atoms with van der Waals surface area (Å²) in [6, 6.07) is 5.20. The van der Waals surface area contributed by atoms with Crippen molar-refractivity contribution in [3.63, 3.8) is 0 Å². The molecule has 1 aromatic carbocycles. The van der Waals surface area contributed by atoms with E-state index in [1.54, 1.807) is 6.07 Å². The Balaban J connectivity index is 1.21. The molecule has 3 N–H and O–H groups in total. The summed E-state index contributed by atoms with van der Waals surface area (Å²) in [6.07, 6.45) is 12.6. The fourth-order valence-electron chi connectivity index (χ4n) is 7.21. The minimum absolute atomic E-state index is 0.0785. The number of hydrogen-bond acceptors (Lipinski definition) is 3. The summed E-state index contributed by atoms with van der Waals surface area (Å²) in [6.45, 7) is 0. The first-order valence-electron chi connectivity index (χ1n) is 11.3. The molecule has 0 aromatic heterocycles. The van der Waals surface area contributed by atoms with Gasteiger partial charge < -0.3 is 15.5 Å². The fraction of sp³-hybridized carbons (Fsp3) is 0.708. The van der Waals surface area contributed by atoms with E-state index >= 15 is 0 Å². The Hall–Kier alpha value is -1.71. The van der Waals surface area contributed by atoms with Gasteiger partial charge >= 0.3 is 0 Å². The van der Waals surface area contributed by atoms with Crippen molar-refractivity contribution in [2.24, 2.45) is 23.2 Å². The standard InChI is InChI=1S/C24H33NO3/c26-20-5-6-21(22(27)12-20)18-1-3-19(4-2-18)25-23(28)24-8-7-15-9-16(13-24)11-17(10-15)14-24/h5-6,12,15-19,26-27H,1-4,7-11,13-14H2,(H,25,28). The van der Waals surface area contributed by atoms with Crippen LogP contribution in [-0.2, 0) is 4.79 Å². The van der Waals surface area contributed by atoms with Crippen molar-refractivity contribution in [2.75, 3.05) is 0 Å². The van der Waals surface area contributed by atoms with Gasteiger partial charge in [-0.05, 0) is 106 Å². The third-order valence-corrected chi connectivity index (χ3v) is 8.39. The average molecular weight is 384 g/mol. The van der Waals surface area contributed by atoms with E-state index in [9.17, 15) is 15.0 Å². The van der Waals surface area contributed by atoms with Crippen molar-refractivity contribution >= 4 is 5.91 Å². The third-order valence-electron chi connectivity index (χ3n) is 8.39. The monoisotopic (exact) mass is 383 g/mol. The molecule has 2 atom stereocenters. The lowest BCUT2D eigenvalue weighted by atomic mass is 9.61. The van der Waals surface area contributed by atoms with Crippen LogP contribution < -0.4 is 5.32 Å². The van der Waals surface area contributed by atoms with E-state index in [0.717, 1.165) is 68.3 Å². The molecule has 0 saturated heterocycles. The number of rotatable bonds is 3. The second-order valence-corrected chi connectivity index (χ2v) is 10.3. The summed E-state index contributed by atoms with van der Waals surface area (Å²) < 4.78 is 0. The van der Waals surface area contributed by atoms with Gasteiger partial charge in [0, 0.05) is 17.5 Å². The molecular weight excluding hydrogens is 350 g/mol. The lowest BCUT2D eigenvalue weighted by Gasteiger charge is -2.45. The predicted molar refractivity (Wildman–Crippen MR) is 108 cm³/mol. The zero-order valence-electron chi connectivity index (χ0n) is 16.7. The smallest absolute Gasteiger partial charge is 0.226 e. The van der Waals surface area contributed by atoms with Crippen LogP contribution in [0.5, 0.6) is 11.5 Å². The molecule has 1 amide bonds. The highest BCUT2D eigenvalue weighted by atomic mass is 16.3. The molecule has 5 saturated carbocycles. The summed E-state index contributed by atoms with van der Waals surface area (Å²) in [4.78, 5) is 13.4. The SMILES string of the molecule is O=C(NC1CCC(c2ccc(O)cc2O)CC1)C12CCC3CC(CC(C3)C1)C2. The number of carbonyl (C=O) groups excluding carboxylic acids is 1. The highest BCUT2D eigenvalue weighted by molar-refractivity contribution is 5.83. The van der Waals surface area contributed by atoms with Crippen LogP contribution in [-0.4, -0.2) is 22.2 Å². The number of nitrogens with one attached hydrogen (secondary N) is 1. The van der Waals surface area contributed by atoms with Gasteiger partial charge in [0.15, 0.2) is 0 Å². The minimum atomic E-state index is -0.0785. The molecule has 2 unspecified atom stereocenters. The lowest BCUT2D eigenvalue weighted by Crippen LogP contribution is -2.49. The molecule has 0 radical (unpaired) electrons. The van der Waals surface area contributed by atoms with E-state index in [1.807, 2.05) is 6.07 Å². The van der Waals surface area contributed by atoms with Gasteiger partial charge in [0.2, 0.25) is 5.91 Å². The maximum absolute atomic E-state index is 13.4.